The zero-order valence-electron chi connectivity index (χ0n) is 13.6. The van der Waals surface area contributed by atoms with Gasteiger partial charge >= 0.3 is 0 Å². The molecule has 0 aliphatic heterocycles. The van der Waals surface area contributed by atoms with Crippen LogP contribution in [0.3, 0.4) is 0 Å². The minimum absolute atomic E-state index is 0.00870. The van der Waals surface area contributed by atoms with Crippen molar-refractivity contribution in [2.24, 2.45) is 5.92 Å². The molecule has 1 aliphatic carbocycles. The Morgan fingerprint density at radius 3 is 2.52 bits per heavy atom. The van der Waals surface area contributed by atoms with E-state index in [1.807, 2.05) is 13.8 Å². The van der Waals surface area contributed by atoms with Crippen LogP contribution < -0.4 is 4.74 Å². The molecule has 2 rings (SSSR count). The van der Waals surface area contributed by atoms with E-state index in [2.05, 4.69) is 0 Å². The molecule has 0 aromatic heterocycles. The Balaban J connectivity index is 2.38. The second-order valence-corrected chi connectivity index (χ2v) is 7.98. The van der Waals surface area contributed by atoms with Gasteiger partial charge in [-0.05, 0) is 31.2 Å². The van der Waals surface area contributed by atoms with Crippen LogP contribution in [0.1, 0.15) is 33.1 Å². The highest BCUT2D eigenvalue weighted by atomic mass is 32.2. The predicted octanol–water partition coefficient (Wildman–Crippen LogP) is 2.80. The highest BCUT2D eigenvalue weighted by Gasteiger charge is 2.39. The standard InChI is InChI=1S/C15H22N2O5S/c1-11(2)8-9-16(12-4-5-12)23(20,21)15-7-6-13(17(18)19)10-14(15)22-3/h6-7,10-12H,4-5,8-9H2,1-3H3. The van der Waals surface area contributed by atoms with Gasteiger partial charge < -0.3 is 4.74 Å². The molecule has 23 heavy (non-hydrogen) atoms. The third-order valence-electron chi connectivity index (χ3n) is 3.83. The summed E-state index contributed by atoms with van der Waals surface area (Å²) in [7, 11) is -2.42. The van der Waals surface area contributed by atoms with E-state index in [4.69, 9.17) is 4.74 Å². The smallest absolute Gasteiger partial charge is 0.273 e. The van der Waals surface area contributed by atoms with Crippen molar-refractivity contribution < 1.29 is 18.1 Å². The molecule has 8 heteroatoms. The fourth-order valence-corrected chi connectivity index (χ4v) is 4.19. The van der Waals surface area contributed by atoms with Gasteiger partial charge in [-0.15, -0.1) is 0 Å². The van der Waals surface area contributed by atoms with E-state index in [-0.39, 0.29) is 22.4 Å². The van der Waals surface area contributed by atoms with Crippen LogP contribution in [0.25, 0.3) is 0 Å². The Kier molecular flexibility index (Phi) is 5.26. The van der Waals surface area contributed by atoms with Gasteiger partial charge in [0, 0.05) is 18.7 Å². The largest absolute Gasteiger partial charge is 0.495 e. The van der Waals surface area contributed by atoms with E-state index in [0.29, 0.717) is 12.5 Å². The predicted molar refractivity (Wildman–Crippen MR) is 86.0 cm³/mol. The molecule has 1 aromatic carbocycles. The molecule has 1 saturated carbocycles. The van der Waals surface area contributed by atoms with Crippen LogP contribution in [-0.4, -0.2) is 37.3 Å². The molecular formula is C15H22N2O5S. The molecule has 0 spiro atoms. The van der Waals surface area contributed by atoms with Gasteiger partial charge in [0.2, 0.25) is 10.0 Å². The van der Waals surface area contributed by atoms with Gasteiger partial charge in [-0.2, -0.15) is 4.31 Å². The fraction of sp³-hybridized carbons (Fsp3) is 0.600. The Hall–Kier alpha value is -1.67. The first-order valence-electron chi connectivity index (χ1n) is 7.61. The van der Waals surface area contributed by atoms with Gasteiger partial charge in [0.25, 0.3) is 5.69 Å². The van der Waals surface area contributed by atoms with Crippen molar-refractivity contribution in [3.63, 3.8) is 0 Å². The Bertz CT molecular complexity index is 683. The lowest BCUT2D eigenvalue weighted by Gasteiger charge is -2.23. The van der Waals surface area contributed by atoms with Crippen LogP contribution >= 0.6 is 0 Å². The highest BCUT2D eigenvalue weighted by Crippen LogP contribution is 2.36. The van der Waals surface area contributed by atoms with Crippen LogP contribution in [0.15, 0.2) is 23.1 Å². The lowest BCUT2D eigenvalue weighted by Crippen LogP contribution is -2.34. The maximum Gasteiger partial charge on any atom is 0.273 e. The van der Waals surface area contributed by atoms with Gasteiger partial charge in [0.15, 0.2) is 0 Å². The summed E-state index contributed by atoms with van der Waals surface area (Å²) < 4.78 is 32.5. The maximum absolute atomic E-state index is 13.0. The van der Waals surface area contributed by atoms with Crippen molar-refractivity contribution in [2.45, 2.75) is 44.0 Å². The number of hydrogen-bond acceptors (Lipinski definition) is 5. The van der Waals surface area contributed by atoms with Crippen LogP contribution in [0.4, 0.5) is 5.69 Å². The minimum atomic E-state index is -3.73. The molecule has 0 amide bonds. The number of hydrogen-bond donors (Lipinski definition) is 0. The number of nitro benzene ring substituents is 1. The summed E-state index contributed by atoms with van der Waals surface area (Å²) in [6, 6.07) is 3.64. The summed E-state index contributed by atoms with van der Waals surface area (Å²) in [4.78, 5) is 10.3. The van der Waals surface area contributed by atoms with Crippen LogP contribution in [0.2, 0.25) is 0 Å². The average molecular weight is 342 g/mol. The molecule has 0 bridgehead atoms. The van der Waals surface area contributed by atoms with Crippen molar-refractivity contribution >= 4 is 15.7 Å². The van der Waals surface area contributed by atoms with E-state index in [1.54, 1.807) is 0 Å². The summed E-state index contributed by atoms with van der Waals surface area (Å²) in [6.45, 7) is 4.54. The number of nitrogens with zero attached hydrogens (tertiary/aromatic N) is 2. The molecule has 0 N–H and O–H groups in total. The first-order chi connectivity index (χ1) is 10.8. The average Bonchev–Trinajstić information content (AvgIpc) is 3.30. The van der Waals surface area contributed by atoms with Gasteiger partial charge in [0.1, 0.15) is 10.6 Å². The lowest BCUT2D eigenvalue weighted by molar-refractivity contribution is -0.385. The Labute approximate surface area is 136 Å². The van der Waals surface area contributed by atoms with Crippen molar-refractivity contribution in [1.29, 1.82) is 0 Å². The summed E-state index contributed by atoms with van der Waals surface area (Å²) in [6.07, 6.45) is 2.48. The zero-order valence-corrected chi connectivity index (χ0v) is 14.4. The molecule has 1 aromatic rings. The number of rotatable bonds is 8. The van der Waals surface area contributed by atoms with E-state index < -0.39 is 14.9 Å². The number of ether oxygens (including phenoxy) is 1. The van der Waals surface area contributed by atoms with Crippen molar-refractivity contribution in [2.75, 3.05) is 13.7 Å². The number of nitro groups is 1. The number of non-ortho nitro benzene ring substituents is 1. The zero-order chi connectivity index (χ0) is 17.2. The number of sulfonamides is 1. The van der Waals surface area contributed by atoms with E-state index in [1.165, 1.54) is 23.5 Å². The molecule has 0 atom stereocenters. The second-order valence-electron chi connectivity index (χ2n) is 6.12. The molecule has 0 unspecified atom stereocenters. The quantitative estimate of drug-likeness (QED) is 0.535. The molecule has 7 nitrogen and oxygen atoms in total. The van der Waals surface area contributed by atoms with Gasteiger partial charge in [-0.3, -0.25) is 10.1 Å². The van der Waals surface area contributed by atoms with Crippen LogP contribution in [-0.2, 0) is 10.0 Å². The first-order valence-corrected chi connectivity index (χ1v) is 9.05. The van der Waals surface area contributed by atoms with Crippen molar-refractivity contribution in [3.05, 3.63) is 28.3 Å². The lowest BCUT2D eigenvalue weighted by atomic mass is 10.1. The summed E-state index contributed by atoms with van der Waals surface area (Å²) >= 11 is 0. The maximum atomic E-state index is 13.0. The van der Waals surface area contributed by atoms with Gasteiger partial charge in [0.05, 0.1) is 18.1 Å². The topological polar surface area (TPSA) is 89.7 Å². The second kappa shape index (κ2) is 6.84. The third-order valence-corrected chi connectivity index (χ3v) is 5.82. The van der Waals surface area contributed by atoms with Crippen LogP contribution in [0, 0.1) is 16.0 Å². The molecule has 0 saturated heterocycles. The van der Waals surface area contributed by atoms with Gasteiger partial charge in [-0.1, -0.05) is 13.8 Å². The SMILES string of the molecule is COc1cc([N+](=O)[O-])ccc1S(=O)(=O)N(CCC(C)C)C1CC1. The third kappa shape index (κ3) is 4.00. The van der Waals surface area contributed by atoms with Gasteiger partial charge in [-0.25, -0.2) is 8.42 Å². The number of methoxy groups -OCH3 is 1. The molecule has 0 radical (unpaired) electrons. The molecule has 0 heterocycles. The normalized spacial score (nSPS) is 15.2. The van der Waals surface area contributed by atoms with E-state index in [0.717, 1.165) is 25.3 Å². The molecule has 128 valence electrons. The molecular weight excluding hydrogens is 320 g/mol. The van der Waals surface area contributed by atoms with Crippen molar-refractivity contribution in [1.82, 2.24) is 4.31 Å². The number of benzene rings is 1. The Morgan fingerprint density at radius 2 is 2.04 bits per heavy atom. The van der Waals surface area contributed by atoms with E-state index >= 15 is 0 Å². The molecule has 1 aliphatic rings. The summed E-state index contributed by atoms with van der Waals surface area (Å²) in [5.41, 5.74) is -0.194. The highest BCUT2D eigenvalue weighted by molar-refractivity contribution is 7.89. The summed E-state index contributed by atoms with van der Waals surface area (Å²) in [5.74, 6) is 0.402. The monoisotopic (exact) mass is 342 g/mol. The minimum Gasteiger partial charge on any atom is -0.495 e. The first kappa shape index (κ1) is 17.7. The summed E-state index contributed by atoms with van der Waals surface area (Å²) in [5, 5.41) is 10.8. The Morgan fingerprint density at radius 1 is 1.39 bits per heavy atom. The van der Waals surface area contributed by atoms with Crippen LogP contribution in [0.5, 0.6) is 5.75 Å². The van der Waals surface area contributed by atoms with E-state index in [9.17, 15) is 18.5 Å². The fourth-order valence-electron chi connectivity index (χ4n) is 2.36. The van der Waals surface area contributed by atoms with Crippen molar-refractivity contribution in [3.8, 4) is 5.75 Å². The molecule has 1 fully saturated rings.